The zero-order valence-electron chi connectivity index (χ0n) is 14.6. The number of fused-ring (bicyclic) bond motifs is 2. The predicted octanol–water partition coefficient (Wildman–Crippen LogP) is 2.26. The van der Waals surface area contributed by atoms with Crippen LogP contribution in [0, 0.1) is 0 Å². The molecule has 1 aromatic heterocycles. The lowest BCUT2D eigenvalue weighted by molar-refractivity contribution is -0.137. The van der Waals surface area contributed by atoms with Gasteiger partial charge in [-0.05, 0) is 36.4 Å². The maximum absolute atomic E-state index is 12.1. The second kappa shape index (κ2) is 6.82. The molecule has 1 aliphatic rings. The van der Waals surface area contributed by atoms with Gasteiger partial charge in [0.25, 0.3) is 0 Å². The van der Waals surface area contributed by atoms with Crippen LogP contribution in [0.5, 0.6) is 23.0 Å². The highest BCUT2D eigenvalue weighted by molar-refractivity contribution is 6.13. The van der Waals surface area contributed by atoms with E-state index in [-0.39, 0.29) is 5.69 Å². The highest BCUT2D eigenvalue weighted by atomic mass is 16.5. The van der Waals surface area contributed by atoms with E-state index >= 15 is 0 Å². The van der Waals surface area contributed by atoms with E-state index in [0.29, 0.717) is 28.9 Å². The number of carbonyl (C=O) groups excluding carboxylic acids is 1. The molecule has 2 aromatic carbocycles. The number of hydrogen-bond acceptors (Lipinski definition) is 7. The lowest BCUT2D eigenvalue weighted by Gasteiger charge is -2.11. The van der Waals surface area contributed by atoms with Crippen molar-refractivity contribution in [2.45, 2.75) is 12.5 Å². The zero-order chi connectivity index (χ0) is 19.8. The molecule has 2 heterocycles. The lowest BCUT2D eigenvalue weighted by atomic mass is 10.1. The van der Waals surface area contributed by atoms with Gasteiger partial charge in [-0.15, -0.1) is 0 Å². The number of aliphatic carboxylic acids is 1. The van der Waals surface area contributed by atoms with Crippen molar-refractivity contribution in [3.63, 3.8) is 0 Å². The van der Waals surface area contributed by atoms with Crippen LogP contribution in [0.1, 0.15) is 16.1 Å². The van der Waals surface area contributed by atoms with E-state index in [2.05, 4.69) is 4.98 Å². The Morgan fingerprint density at radius 3 is 2.71 bits per heavy atom. The van der Waals surface area contributed by atoms with Gasteiger partial charge in [0.1, 0.15) is 17.2 Å². The zero-order valence-corrected chi connectivity index (χ0v) is 14.6. The smallest absolute Gasteiger partial charge is 0.328 e. The summed E-state index contributed by atoms with van der Waals surface area (Å²) in [4.78, 5) is 26.9. The topological polar surface area (TPSA) is 132 Å². The van der Waals surface area contributed by atoms with Crippen molar-refractivity contribution in [2.24, 2.45) is 5.73 Å². The quantitative estimate of drug-likeness (QED) is 0.454. The number of hydrogen-bond donors (Lipinski definition) is 3. The van der Waals surface area contributed by atoms with Gasteiger partial charge < -0.3 is 25.4 Å². The lowest BCUT2D eigenvalue weighted by Crippen LogP contribution is -2.38. The summed E-state index contributed by atoms with van der Waals surface area (Å²) in [7, 11) is 0. The van der Waals surface area contributed by atoms with Gasteiger partial charge in [0.2, 0.25) is 5.78 Å². The fourth-order valence-corrected chi connectivity index (χ4v) is 3.05. The minimum absolute atomic E-state index is 0.339. The molecule has 1 aliphatic heterocycles. The highest BCUT2D eigenvalue weighted by Gasteiger charge is 2.27. The largest absolute Gasteiger partial charge is 0.505 e. The summed E-state index contributed by atoms with van der Waals surface area (Å²) in [6, 6.07) is 8.66. The Morgan fingerprint density at radius 1 is 1.18 bits per heavy atom. The fourth-order valence-electron chi connectivity index (χ4n) is 3.05. The van der Waals surface area contributed by atoms with Crippen LogP contribution in [-0.4, -0.2) is 39.6 Å². The number of aromatic hydroxyl groups is 1. The molecule has 0 spiro atoms. The monoisotopic (exact) mass is 380 g/mol. The number of carbonyl (C=O) groups is 2. The van der Waals surface area contributed by atoms with Crippen LogP contribution in [0.15, 0.2) is 42.6 Å². The standard InChI is InChI=1S/C20H16N2O6/c21-16(20(25)26)19(24)17-18(23)14-3-1-12(8-11(14)9-22-17)28-13-2-4-15-10(7-13)5-6-27-15/h1-4,7-9,16,23H,5-6,21H2,(H,25,26). The van der Waals surface area contributed by atoms with Gasteiger partial charge in [0.15, 0.2) is 17.5 Å². The minimum Gasteiger partial charge on any atom is -0.505 e. The van der Waals surface area contributed by atoms with E-state index in [1.165, 1.54) is 6.20 Å². The summed E-state index contributed by atoms with van der Waals surface area (Å²) in [6.45, 7) is 0.659. The summed E-state index contributed by atoms with van der Waals surface area (Å²) in [6.07, 6.45) is 2.19. The number of Topliss-reactive ketones (excluding diaryl/α,β-unsaturated/α-hetero) is 1. The number of pyridine rings is 1. The van der Waals surface area contributed by atoms with Gasteiger partial charge in [-0.1, -0.05) is 0 Å². The predicted molar refractivity (Wildman–Crippen MR) is 99.1 cm³/mol. The number of aromatic nitrogens is 1. The van der Waals surface area contributed by atoms with Crippen LogP contribution < -0.4 is 15.2 Å². The molecule has 0 radical (unpaired) electrons. The number of carboxylic acid groups (broad SMARTS) is 1. The van der Waals surface area contributed by atoms with Crippen molar-refractivity contribution in [1.82, 2.24) is 4.98 Å². The van der Waals surface area contributed by atoms with E-state index < -0.39 is 23.5 Å². The summed E-state index contributed by atoms with van der Waals surface area (Å²) >= 11 is 0. The van der Waals surface area contributed by atoms with Crippen LogP contribution in [0.4, 0.5) is 0 Å². The van der Waals surface area contributed by atoms with Crippen molar-refractivity contribution < 1.29 is 29.3 Å². The van der Waals surface area contributed by atoms with Gasteiger partial charge in [-0.25, -0.2) is 4.98 Å². The van der Waals surface area contributed by atoms with Crippen molar-refractivity contribution >= 4 is 22.5 Å². The number of benzene rings is 2. The van der Waals surface area contributed by atoms with Crippen LogP contribution in [0.2, 0.25) is 0 Å². The molecule has 0 bridgehead atoms. The van der Waals surface area contributed by atoms with Gasteiger partial charge in [0.05, 0.1) is 6.61 Å². The summed E-state index contributed by atoms with van der Waals surface area (Å²) in [5.41, 5.74) is 6.02. The van der Waals surface area contributed by atoms with Crippen LogP contribution in [0.25, 0.3) is 10.8 Å². The molecule has 28 heavy (non-hydrogen) atoms. The molecule has 0 saturated heterocycles. The molecule has 0 fully saturated rings. The molecular weight excluding hydrogens is 364 g/mol. The Kier molecular flexibility index (Phi) is 4.32. The molecule has 3 aromatic rings. The molecule has 0 saturated carbocycles. The number of ether oxygens (including phenoxy) is 2. The Hall–Kier alpha value is -3.65. The first-order chi connectivity index (χ1) is 13.4. The molecule has 8 heteroatoms. The Morgan fingerprint density at radius 2 is 1.93 bits per heavy atom. The van der Waals surface area contributed by atoms with E-state index in [0.717, 1.165) is 17.7 Å². The molecule has 4 rings (SSSR count). The Bertz CT molecular complexity index is 1110. The van der Waals surface area contributed by atoms with Crippen molar-refractivity contribution in [1.29, 1.82) is 0 Å². The van der Waals surface area contributed by atoms with Gasteiger partial charge in [-0.2, -0.15) is 0 Å². The molecule has 142 valence electrons. The fraction of sp³-hybridized carbons (Fsp3) is 0.150. The number of nitrogens with zero attached hydrogens (tertiary/aromatic N) is 1. The third kappa shape index (κ3) is 3.10. The molecular formula is C20H16N2O6. The first-order valence-corrected chi connectivity index (χ1v) is 8.52. The third-order valence-electron chi connectivity index (χ3n) is 4.51. The van der Waals surface area contributed by atoms with E-state index in [1.807, 2.05) is 12.1 Å². The first kappa shape index (κ1) is 17.7. The molecule has 0 aliphatic carbocycles. The second-order valence-electron chi connectivity index (χ2n) is 6.35. The second-order valence-corrected chi connectivity index (χ2v) is 6.35. The normalized spacial score (nSPS) is 13.6. The third-order valence-corrected chi connectivity index (χ3v) is 4.51. The van der Waals surface area contributed by atoms with E-state index in [4.69, 9.17) is 20.3 Å². The van der Waals surface area contributed by atoms with Gasteiger partial charge >= 0.3 is 5.97 Å². The maximum atomic E-state index is 12.1. The van der Waals surface area contributed by atoms with E-state index in [9.17, 15) is 14.7 Å². The van der Waals surface area contributed by atoms with Crippen LogP contribution in [0.3, 0.4) is 0 Å². The summed E-state index contributed by atoms with van der Waals surface area (Å²) < 4.78 is 11.3. The number of nitrogens with two attached hydrogens (primary N) is 1. The Balaban J connectivity index is 1.64. The average molecular weight is 380 g/mol. The van der Waals surface area contributed by atoms with E-state index in [1.54, 1.807) is 24.3 Å². The molecule has 1 unspecified atom stereocenters. The van der Waals surface area contributed by atoms with Crippen LogP contribution >= 0.6 is 0 Å². The van der Waals surface area contributed by atoms with Crippen LogP contribution in [-0.2, 0) is 11.2 Å². The maximum Gasteiger partial charge on any atom is 0.328 e. The SMILES string of the molecule is NC(C(=O)O)C(=O)c1ncc2cc(Oc3ccc4c(c3)CCO4)ccc2c1O. The molecule has 1 atom stereocenters. The number of carboxylic acids is 1. The Labute approximate surface area is 159 Å². The number of ketones is 1. The highest BCUT2D eigenvalue weighted by Crippen LogP contribution is 2.34. The molecule has 0 amide bonds. The molecule has 8 nitrogen and oxygen atoms in total. The molecule has 4 N–H and O–H groups in total. The first-order valence-electron chi connectivity index (χ1n) is 8.52. The summed E-state index contributed by atoms with van der Waals surface area (Å²) in [5, 5.41) is 20.1. The van der Waals surface area contributed by atoms with Crippen molar-refractivity contribution in [3.8, 4) is 23.0 Å². The minimum atomic E-state index is -1.79. The average Bonchev–Trinajstić information content (AvgIpc) is 3.15. The number of rotatable bonds is 5. The summed E-state index contributed by atoms with van der Waals surface area (Å²) in [5.74, 6) is -0.839. The van der Waals surface area contributed by atoms with Crippen molar-refractivity contribution in [2.75, 3.05) is 6.61 Å². The van der Waals surface area contributed by atoms with Gasteiger partial charge in [-0.3, -0.25) is 9.59 Å². The van der Waals surface area contributed by atoms with Gasteiger partial charge in [0, 0.05) is 29.0 Å². The van der Waals surface area contributed by atoms with Crippen molar-refractivity contribution in [3.05, 3.63) is 53.9 Å².